The lowest BCUT2D eigenvalue weighted by atomic mass is 9.44. The number of Topliss-reactive ketones (excluding diaryl/α,β-unsaturated/α-hetero) is 2. The molecule has 0 heterocycles. The van der Waals surface area contributed by atoms with Crippen LogP contribution in [0, 0.1) is 40.4 Å². The van der Waals surface area contributed by atoms with Crippen LogP contribution in [0.5, 0.6) is 0 Å². The van der Waals surface area contributed by atoms with Gasteiger partial charge in [-0.1, -0.05) is 13.8 Å². The molecule has 6 heteroatoms. The second-order valence-electron chi connectivity index (χ2n) is 14.3. The van der Waals surface area contributed by atoms with Crippen molar-refractivity contribution >= 4 is 28.2 Å². The van der Waals surface area contributed by atoms with E-state index in [2.05, 4.69) is 53.1 Å². The molecule has 0 radical (unpaired) electrons. The van der Waals surface area contributed by atoms with Crippen LogP contribution in [-0.4, -0.2) is 40.9 Å². The first-order valence-corrected chi connectivity index (χ1v) is 20.3. The molecule has 0 saturated heterocycles. The van der Waals surface area contributed by atoms with Gasteiger partial charge in [-0.15, -0.1) is 0 Å². The van der Waals surface area contributed by atoms with E-state index in [-0.39, 0.29) is 35.1 Å². The summed E-state index contributed by atoms with van der Waals surface area (Å²) in [4.78, 5) is 27.1. The van der Waals surface area contributed by atoms with E-state index in [1.54, 1.807) is 0 Å². The molecule has 0 bridgehead atoms. The molecule has 8 atom stereocenters. The molecule has 4 aliphatic carbocycles. The Hall–Kier alpha value is -0.306. The van der Waals surface area contributed by atoms with Crippen molar-refractivity contribution in [3.8, 4) is 0 Å². The Kier molecular flexibility index (Phi) is 6.77. The number of hydrogen-bond donors (Lipinski definition) is 0. The summed E-state index contributed by atoms with van der Waals surface area (Å²) in [6.07, 6.45) is 8.76. The third-order valence-electron chi connectivity index (χ3n) is 9.86. The zero-order valence-electron chi connectivity index (χ0n) is 22.5. The monoisotopic (exact) mass is 492 g/mol. The number of hydrogen-bond acceptors (Lipinski definition) is 4. The van der Waals surface area contributed by atoms with Crippen molar-refractivity contribution in [3.63, 3.8) is 0 Å². The van der Waals surface area contributed by atoms with Crippen molar-refractivity contribution in [2.75, 3.05) is 6.61 Å². The van der Waals surface area contributed by atoms with Crippen LogP contribution in [0.25, 0.3) is 0 Å². The molecule has 5 unspecified atom stereocenters. The van der Waals surface area contributed by atoms with Crippen molar-refractivity contribution in [2.45, 2.75) is 111 Å². The number of carbonyl (C=O) groups is 2. The Morgan fingerprint density at radius 3 is 2.27 bits per heavy atom. The van der Waals surface area contributed by atoms with Gasteiger partial charge < -0.3 is 8.85 Å². The van der Waals surface area contributed by atoms with Crippen molar-refractivity contribution in [2.24, 2.45) is 40.4 Å². The largest absolute Gasteiger partial charge is 0.415 e. The first-order chi connectivity index (χ1) is 15.1. The average molecular weight is 493 g/mol. The Bertz CT molecular complexity index is 784. The molecule has 0 aromatic rings. The molecule has 188 valence electrons. The summed E-state index contributed by atoms with van der Waals surface area (Å²) in [6, 6.07) is 0. The van der Waals surface area contributed by atoms with E-state index in [0.29, 0.717) is 36.1 Å². The Balaban J connectivity index is 1.51. The maximum absolute atomic E-state index is 13.9. The van der Waals surface area contributed by atoms with Gasteiger partial charge in [0.15, 0.2) is 22.4 Å². The molecule has 0 amide bonds. The third-order valence-corrected chi connectivity index (χ3v) is 11.9. The predicted octanol–water partition coefficient (Wildman–Crippen LogP) is 6.47. The fourth-order valence-electron chi connectivity index (χ4n) is 8.56. The zero-order valence-corrected chi connectivity index (χ0v) is 24.5. The van der Waals surface area contributed by atoms with Crippen LogP contribution < -0.4 is 0 Å². The third kappa shape index (κ3) is 4.88. The van der Waals surface area contributed by atoms with Gasteiger partial charge >= 0.3 is 0 Å². The molecule has 33 heavy (non-hydrogen) atoms. The van der Waals surface area contributed by atoms with Gasteiger partial charge in [0.2, 0.25) is 0 Å². The van der Waals surface area contributed by atoms with Gasteiger partial charge in [-0.3, -0.25) is 9.59 Å². The smallest absolute Gasteiger partial charge is 0.184 e. The van der Waals surface area contributed by atoms with Gasteiger partial charge in [-0.05, 0) is 113 Å². The summed E-state index contributed by atoms with van der Waals surface area (Å²) in [6.45, 7) is 18.2. The topological polar surface area (TPSA) is 52.6 Å². The van der Waals surface area contributed by atoms with Crippen LogP contribution in [-0.2, 0) is 18.4 Å². The minimum absolute atomic E-state index is 0.00448. The van der Waals surface area contributed by atoms with Crippen molar-refractivity contribution in [1.82, 2.24) is 0 Å². The lowest BCUT2D eigenvalue weighted by Crippen LogP contribution is -2.58. The van der Waals surface area contributed by atoms with Gasteiger partial charge in [0.25, 0.3) is 0 Å². The number of fused-ring (bicyclic) bond motifs is 5. The average Bonchev–Trinajstić information content (AvgIpc) is 3.01. The molecular weight excluding hydrogens is 444 g/mol. The lowest BCUT2D eigenvalue weighted by molar-refractivity contribution is -0.162. The van der Waals surface area contributed by atoms with Crippen molar-refractivity contribution < 1.29 is 18.4 Å². The quantitative estimate of drug-likeness (QED) is 0.399. The molecule has 0 aromatic carbocycles. The highest BCUT2D eigenvalue weighted by Gasteiger charge is 2.64. The normalized spacial score (nSPS) is 43.6. The summed E-state index contributed by atoms with van der Waals surface area (Å²) in [5.74, 6) is 2.46. The molecule has 4 nitrogen and oxygen atoms in total. The van der Waals surface area contributed by atoms with Gasteiger partial charge in [-0.25, -0.2) is 0 Å². The Morgan fingerprint density at radius 1 is 0.939 bits per heavy atom. The fourth-order valence-corrected chi connectivity index (χ4v) is 10.3. The van der Waals surface area contributed by atoms with Crippen molar-refractivity contribution in [1.29, 1.82) is 0 Å². The number of ketones is 2. The summed E-state index contributed by atoms with van der Waals surface area (Å²) in [5, 5.41) is 0. The molecule has 0 spiro atoms. The SMILES string of the molecule is C[C@]12CCC(O[Si](C)(C)C)CC1CCC1C2C(=O)C[C@@]2(C)C1CC[C@@H]2C(=O)CO[Si](C)(C)C. The summed E-state index contributed by atoms with van der Waals surface area (Å²) in [5.41, 5.74) is -0.0524. The second kappa shape index (κ2) is 8.67. The molecular formula is C27H48O4Si2. The molecule has 4 aliphatic rings. The van der Waals surface area contributed by atoms with E-state index in [0.717, 1.165) is 38.5 Å². The number of rotatable bonds is 6. The molecule has 4 saturated carbocycles. The van der Waals surface area contributed by atoms with E-state index in [4.69, 9.17) is 8.85 Å². The van der Waals surface area contributed by atoms with Crippen LogP contribution in [0.3, 0.4) is 0 Å². The van der Waals surface area contributed by atoms with E-state index in [1.165, 1.54) is 6.42 Å². The summed E-state index contributed by atoms with van der Waals surface area (Å²) < 4.78 is 12.5. The highest BCUT2D eigenvalue weighted by atomic mass is 28.4. The highest BCUT2D eigenvalue weighted by molar-refractivity contribution is 6.70. The van der Waals surface area contributed by atoms with Gasteiger partial charge in [-0.2, -0.15) is 0 Å². The van der Waals surface area contributed by atoms with Crippen molar-refractivity contribution in [3.05, 3.63) is 0 Å². The second-order valence-corrected chi connectivity index (χ2v) is 23.3. The van der Waals surface area contributed by atoms with Crippen LogP contribution in [0.15, 0.2) is 0 Å². The van der Waals surface area contributed by atoms with E-state index in [9.17, 15) is 9.59 Å². The zero-order chi connectivity index (χ0) is 24.4. The Morgan fingerprint density at radius 2 is 1.64 bits per heavy atom. The molecule has 0 aromatic heterocycles. The molecule has 4 rings (SSSR count). The maximum Gasteiger partial charge on any atom is 0.184 e. The van der Waals surface area contributed by atoms with Crippen LogP contribution >= 0.6 is 0 Å². The van der Waals surface area contributed by atoms with E-state index >= 15 is 0 Å². The fraction of sp³-hybridized carbons (Fsp3) is 0.926. The molecule has 4 fully saturated rings. The van der Waals surface area contributed by atoms with Gasteiger partial charge in [0.05, 0.1) is 6.61 Å². The minimum Gasteiger partial charge on any atom is -0.415 e. The first-order valence-electron chi connectivity index (χ1n) is 13.5. The highest BCUT2D eigenvalue weighted by Crippen LogP contribution is 2.66. The van der Waals surface area contributed by atoms with E-state index < -0.39 is 16.6 Å². The Labute approximate surface area is 204 Å². The standard InChI is InChI=1S/C27H48O4Si2/c1-26-14-13-19(31-33(6,7)8)15-18(26)9-10-20-21-11-12-22(24(29)17-30-32(3,4)5)27(21,2)16-23(28)25(20)26/h18-22,25H,9-17H2,1-8H3/t18?,19?,20?,21?,22-,25?,26+,27+/m1/s1. The molecule has 0 N–H and O–H groups in total. The summed E-state index contributed by atoms with van der Waals surface area (Å²) in [7, 11) is -3.27. The van der Waals surface area contributed by atoms with Crippen LogP contribution in [0.4, 0.5) is 0 Å². The minimum atomic E-state index is -1.73. The predicted molar refractivity (Wildman–Crippen MR) is 138 cm³/mol. The van der Waals surface area contributed by atoms with Gasteiger partial charge in [0.1, 0.15) is 5.78 Å². The number of carbonyl (C=O) groups excluding carboxylic acids is 2. The summed E-state index contributed by atoms with van der Waals surface area (Å²) >= 11 is 0. The van der Waals surface area contributed by atoms with Gasteiger partial charge in [0, 0.05) is 24.4 Å². The lowest BCUT2D eigenvalue weighted by Gasteiger charge is -2.60. The van der Waals surface area contributed by atoms with Crippen LogP contribution in [0.1, 0.15) is 65.2 Å². The molecule has 0 aliphatic heterocycles. The maximum atomic E-state index is 13.9. The van der Waals surface area contributed by atoms with E-state index in [1.807, 2.05) is 0 Å². The van der Waals surface area contributed by atoms with Crippen LogP contribution in [0.2, 0.25) is 39.3 Å². The first kappa shape index (κ1) is 25.8.